The summed E-state index contributed by atoms with van der Waals surface area (Å²) in [5, 5.41) is 0. The molecule has 3 rings (SSSR count). The largest absolute Gasteiger partial charge is 0.462 e. The Kier molecular flexibility index (Phi) is 5.66. The van der Waals surface area contributed by atoms with Gasteiger partial charge in [-0.2, -0.15) is 0 Å². The van der Waals surface area contributed by atoms with Crippen molar-refractivity contribution in [1.29, 1.82) is 0 Å². The predicted molar refractivity (Wildman–Crippen MR) is 99.2 cm³/mol. The van der Waals surface area contributed by atoms with Crippen molar-refractivity contribution in [2.75, 3.05) is 0 Å². The molecular weight excluding hydrogens is 380 g/mol. The Morgan fingerprint density at radius 1 is 0.966 bits per heavy atom. The van der Waals surface area contributed by atoms with Crippen LogP contribution in [0.15, 0.2) is 0 Å². The molecule has 1 saturated heterocycles. The number of carbonyl (C=O) groups is 4. The number of hydrogen-bond acceptors (Lipinski definition) is 8. The van der Waals surface area contributed by atoms with Gasteiger partial charge in [0, 0.05) is 38.0 Å². The van der Waals surface area contributed by atoms with Crippen LogP contribution in [0.4, 0.5) is 0 Å². The molecule has 0 radical (unpaired) electrons. The first-order chi connectivity index (χ1) is 13.5. The van der Waals surface area contributed by atoms with Crippen LogP contribution in [0.1, 0.15) is 54.4 Å². The molecule has 9 atom stereocenters. The molecule has 0 amide bonds. The highest BCUT2D eigenvalue weighted by Crippen LogP contribution is 2.59. The molecule has 0 aromatic heterocycles. The van der Waals surface area contributed by atoms with Crippen LogP contribution in [0.2, 0.25) is 0 Å². The van der Waals surface area contributed by atoms with Gasteiger partial charge in [-0.1, -0.05) is 20.8 Å². The maximum absolute atomic E-state index is 12.2. The van der Waals surface area contributed by atoms with Crippen LogP contribution in [0.25, 0.3) is 0 Å². The van der Waals surface area contributed by atoms with Crippen molar-refractivity contribution in [1.82, 2.24) is 0 Å². The van der Waals surface area contributed by atoms with Crippen LogP contribution in [0.3, 0.4) is 0 Å². The van der Waals surface area contributed by atoms with E-state index >= 15 is 0 Å². The van der Waals surface area contributed by atoms with Crippen LogP contribution in [-0.4, -0.2) is 48.3 Å². The van der Waals surface area contributed by atoms with Crippen LogP contribution in [-0.2, 0) is 38.1 Å². The Labute approximate surface area is 170 Å². The zero-order valence-electron chi connectivity index (χ0n) is 17.8. The molecule has 3 aliphatic rings. The molecule has 2 aliphatic carbocycles. The maximum atomic E-state index is 12.2. The van der Waals surface area contributed by atoms with Crippen LogP contribution in [0, 0.1) is 29.1 Å². The van der Waals surface area contributed by atoms with E-state index in [2.05, 4.69) is 0 Å². The van der Waals surface area contributed by atoms with Crippen LogP contribution in [0.5, 0.6) is 0 Å². The molecule has 0 bridgehead atoms. The fourth-order valence-electron chi connectivity index (χ4n) is 5.97. The topological polar surface area (TPSA) is 105 Å². The summed E-state index contributed by atoms with van der Waals surface area (Å²) in [6, 6.07) is 0. The van der Waals surface area contributed by atoms with E-state index in [-0.39, 0.29) is 35.7 Å². The van der Waals surface area contributed by atoms with Gasteiger partial charge in [0.15, 0.2) is 6.10 Å². The first kappa shape index (κ1) is 21.6. The second-order valence-corrected chi connectivity index (χ2v) is 9.05. The summed E-state index contributed by atoms with van der Waals surface area (Å²) in [4.78, 5) is 47.8. The Balaban J connectivity index is 2.09. The molecule has 0 N–H and O–H groups in total. The van der Waals surface area contributed by atoms with E-state index in [1.807, 2.05) is 20.8 Å². The minimum absolute atomic E-state index is 0.0175. The third-order valence-corrected chi connectivity index (χ3v) is 6.94. The highest BCUT2D eigenvalue weighted by molar-refractivity contribution is 5.75. The Hall–Kier alpha value is -2.12. The molecule has 29 heavy (non-hydrogen) atoms. The molecule has 2 saturated carbocycles. The van der Waals surface area contributed by atoms with Gasteiger partial charge in [-0.25, -0.2) is 0 Å². The number of carbonyl (C=O) groups excluding carboxylic acids is 4. The van der Waals surface area contributed by atoms with E-state index in [1.165, 1.54) is 20.8 Å². The van der Waals surface area contributed by atoms with Crippen molar-refractivity contribution in [3.63, 3.8) is 0 Å². The van der Waals surface area contributed by atoms with E-state index in [1.54, 1.807) is 0 Å². The van der Waals surface area contributed by atoms with Gasteiger partial charge in [0.25, 0.3) is 0 Å². The minimum Gasteiger partial charge on any atom is -0.462 e. The summed E-state index contributed by atoms with van der Waals surface area (Å²) in [7, 11) is 0. The summed E-state index contributed by atoms with van der Waals surface area (Å²) in [5.41, 5.74) is -0.660. The smallest absolute Gasteiger partial charge is 0.309 e. The zero-order chi connectivity index (χ0) is 21.7. The lowest BCUT2D eigenvalue weighted by molar-refractivity contribution is -0.178. The Morgan fingerprint density at radius 3 is 2.07 bits per heavy atom. The van der Waals surface area contributed by atoms with E-state index in [4.69, 9.17) is 18.9 Å². The van der Waals surface area contributed by atoms with Gasteiger partial charge >= 0.3 is 23.9 Å². The summed E-state index contributed by atoms with van der Waals surface area (Å²) >= 11 is 0. The SMILES string of the molecule is CC(=O)O[C@@H]1[C@H](OC(C)=O)[C@H](OC(C)=O)[C@]2(C)C[C@H]3[C@H](C)C(=O)O[C@@H]3C[C@@H](C)[C@@H]12. The summed E-state index contributed by atoms with van der Waals surface area (Å²) < 4.78 is 22.5. The van der Waals surface area contributed by atoms with Gasteiger partial charge in [-0.3, -0.25) is 19.2 Å². The molecule has 0 aromatic carbocycles. The number of rotatable bonds is 3. The monoisotopic (exact) mass is 410 g/mol. The van der Waals surface area contributed by atoms with Gasteiger partial charge in [0.2, 0.25) is 0 Å². The fourth-order valence-corrected chi connectivity index (χ4v) is 5.97. The van der Waals surface area contributed by atoms with Crippen molar-refractivity contribution in [3.05, 3.63) is 0 Å². The molecule has 0 aromatic rings. The molecule has 162 valence electrons. The zero-order valence-corrected chi connectivity index (χ0v) is 17.8. The highest BCUT2D eigenvalue weighted by Gasteiger charge is 2.67. The Bertz CT molecular complexity index is 717. The molecule has 0 unspecified atom stereocenters. The normalized spacial score (nSPS) is 43.4. The van der Waals surface area contributed by atoms with Crippen molar-refractivity contribution < 1.29 is 38.1 Å². The molecule has 1 heterocycles. The average Bonchev–Trinajstić information content (AvgIpc) is 2.89. The molecular formula is C21H30O8. The third-order valence-electron chi connectivity index (χ3n) is 6.94. The molecule has 8 heteroatoms. The van der Waals surface area contributed by atoms with Crippen molar-refractivity contribution in [2.24, 2.45) is 29.1 Å². The van der Waals surface area contributed by atoms with Gasteiger partial charge in [0.1, 0.15) is 18.3 Å². The molecule has 3 fully saturated rings. The van der Waals surface area contributed by atoms with Crippen LogP contribution >= 0.6 is 0 Å². The van der Waals surface area contributed by atoms with Gasteiger partial charge in [0.05, 0.1) is 5.92 Å². The lowest BCUT2D eigenvalue weighted by atomic mass is 9.68. The molecule has 1 aliphatic heterocycles. The van der Waals surface area contributed by atoms with Gasteiger partial charge in [-0.15, -0.1) is 0 Å². The lowest BCUT2D eigenvalue weighted by Gasteiger charge is -2.38. The number of hydrogen-bond donors (Lipinski definition) is 0. The van der Waals surface area contributed by atoms with Crippen molar-refractivity contribution >= 4 is 23.9 Å². The maximum Gasteiger partial charge on any atom is 0.309 e. The number of fused-ring (bicyclic) bond motifs is 2. The third kappa shape index (κ3) is 3.73. The molecule has 8 nitrogen and oxygen atoms in total. The number of esters is 4. The van der Waals surface area contributed by atoms with E-state index in [0.717, 1.165) is 0 Å². The van der Waals surface area contributed by atoms with E-state index in [9.17, 15) is 19.2 Å². The van der Waals surface area contributed by atoms with E-state index < -0.39 is 41.6 Å². The lowest BCUT2D eigenvalue weighted by Crippen LogP contribution is -2.43. The summed E-state index contributed by atoms with van der Waals surface area (Å²) in [6.07, 6.45) is -1.51. The summed E-state index contributed by atoms with van der Waals surface area (Å²) in [6.45, 7) is 9.72. The second kappa shape index (κ2) is 7.61. The van der Waals surface area contributed by atoms with Gasteiger partial charge in [-0.05, 0) is 18.8 Å². The van der Waals surface area contributed by atoms with E-state index in [0.29, 0.717) is 12.8 Å². The fraction of sp³-hybridized carbons (Fsp3) is 0.810. The quantitative estimate of drug-likeness (QED) is 0.514. The van der Waals surface area contributed by atoms with Crippen molar-refractivity contribution in [3.8, 4) is 0 Å². The van der Waals surface area contributed by atoms with Crippen LogP contribution < -0.4 is 0 Å². The highest BCUT2D eigenvalue weighted by atomic mass is 16.6. The second-order valence-electron chi connectivity index (χ2n) is 9.05. The average molecular weight is 410 g/mol. The standard InChI is InChI=1S/C21H30O8/c1-9-7-15-14(10(2)20(25)29-15)8-21(6)16(9)17(26-11(3)22)18(27-12(4)23)19(21)28-13(5)24/h9-10,14-19H,7-8H2,1-6H3/t9-,10+,14+,15-,16+,17+,18+,19+,21-/m1/s1. The van der Waals surface area contributed by atoms with Crippen molar-refractivity contribution in [2.45, 2.75) is 78.8 Å². The first-order valence-electron chi connectivity index (χ1n) is 10.2. The summed E-state index contributed by atoms with van der Waals surface area (Å²) in [5.74, 6) is -2.32. The minimum atomic E-state index is -0.900. The number of ether oxygens (including phenoxy) is 4. The Morgan fingerprint density at radius 2 is 1.52 bits per heavy atom. The van der Waals surface area contributed by atoms with Gasteiger partial charge < -0.3 is 18.9 Å². The predicted octanol–water partition coefficient (Wildman–Crippen LogP) is 2.03. The molecule has 0 spiro atoms. The first-order valence-corrected chi connectivity index (χ1v) is 10.2.